The van der Waals surface area contributed by atoms with Crippen molar-refractivity contribution in [2.24, 2.45) is 0 Å². The SMILES string of the molecule is C=CCO[C@H]1O[C@H](COCc2ccccc2)[C@@H](OC2O[C@H](COCc3ccccc3)[C@@H](OCc3ccc(OC)cc3)[C@H](OC)[C@@H]2OCc2ccccc2)[C@H](OC)[C@@H]1OCc1ccccc1. The zero-order chi connectivity index (χ0) is 45.1. The van der Waals surface area contributed by atoms with Crippen LogP contribution in [0.15, 0.2) is 158 Å². The van der Waals surface area contributed by atoms with Gasteiger partial charge in [0.25, 0.3) is 0 Å². The van der Waals surface area contributed by atoms with Gasteiger partial charge in [0, 0.05) is 14.2 Å². The summed E-state index contributed by atoms with van der Waals surface area (Å²) in [7, 11) is 4.92. The minimum atomic E-state index is -1.04. The van der Waals surface area contributed by atoms with E-state index in [9.17, 15) is 0 Å². The van der Waals surface area contributed by atoms with Crippen LogP contribution in [0.4, 0.5) is 0 Å². The van der Waals surface area contributed by atoms with Crippen molar-refractivity contribution >= 4 is 0 Å². The topological polar surface area (TPSA) is 111 Å². The minimum Gasteiger partial charge on any atom is -0.497 e. The van der Waals surface area contributed by atoms with Crippen LogP contribution in [0, 0.1) is 0 Å². The Kier molecular flexibility index (Phi) is 19.1. The number of rotatable bonds is 25. The van der Waals surface area contributed by atoms with E-state index in [-0.39, 0.29) is 39.6 Å². The third-order valence-electron chi connectivity index (χ3n) is 11.4. The average Bonchev–Trinajstić information content (AvgIpc) is 3.36. The first-order chi connectivity index (χ1) is 32.1. The monoisotopic (exact) mass is 890 g/mol. The molecule has 0 saturated carbocycles. The molecule has 346 valence electrons. The predicted octanol–water partition coefficient (Wildman–Crippen LogP) is 8.25. The molecule has 1 unspecified atom stereocenters. The Morgan fingerprint density at radius 3 is 1.29 bits per heavy atom. The zero-order valence-electron chi connectivity index (χ0n) is 37.5. The highest BCUT2D eigenvalue weighted by Crippen LogP contribution is 2.36. The Morgan fingerprint density at radius 2 is 0.831 bits per heavy atom. The molecule has 2 saturated heterocycles. The van der Waals surface area contributed by atoms with E-state index in [1.807, 2.05) is 146 Å². The minimum absolute atomic E-state index is 0.131. The first kappa shape index (κ1) is 48.1. The van der Waals surface area contributed by atoms with Crippen molar-refractivity contribution < 1.29 is 56.8 Å². The van der Waals surface area contributed by atoms with Gasteiger partial charge in [0.05, 0.1) is 60.0 Å². The van der Waals surface area contributed by atoms with Crippen LogP contribution in [0.3, 0.4) is 0 Å². The molecule has 65 heavy (non-hydrogen) atoms. The largest absolute Gasteiger partial charge is 0.497 e. The number of benzene rings is 5. The van der Waals surface area contributed by atoms with E-state index < -0.39 is 61.4 Å². The number of methoxy groups -OCH3 is 3. The highest BCUT2D eigenvalue weighted by molar-refractivity contribution is 5.27. The Balaban J connectivity index is 1.21. The van der Waals surface area contributed by atoms with Gasteiger partial charge >= 0.3 is 0 Å². The smallest absolute Gasteiger partial charge is 0.187 e. The highest BCUT2D eigenvalue weighted by Gasteiger charge is 2.54. The molecular formula is C53H62O12. The lowest BCUT2D eigenvalue weighted by Gasteiger charge is -2.49. The molecule has 0 radical (unpaired) electrons. The van der Waals surface area contributed by atoms with Crippen molar-refractivity contribution in [1.29, 1.82) is 0 Å². The quantitative estimate of drug-likeness (QED) is 0.0527. The highest BCUT2D eigenvalue weighted by atomic mass is 16.8. The third kappa shape index (κ3) is 13.9. The second kappa shape index (κ2) is 25.8. The first-order valence-electron chi connectivity index (χ1n) is 22.1. The lowest BCUT2D eigenvalue weighted by Crippen LogP contribution is -2.66. The van der Waals surface area contributed by atoms with Gasteiger partial charge in [0.2, 0.25) is 0 Å². The van der Waals surface area contributed by atoms with Crippen molar-refractivity contribution in [3.63, 3.8) is 0 Å². The van der Waals surface area contributed by atoms with E-state index in [1.165, 1.54) is 0 Å². The van der Waals surface area contributed by atoms with Gasteiger partial charge in [-0.3, -0.25) is 0 Å². The maximum atomic E-state index is 7.21. The Bertz CT molecular complexity index is 2060. The van der Waals surface area contributed by atoms with E-state index >= 15 is 0 Å². The number of ether oxygens (including phenoxy) is 12. The van der Waals surface area contributed by atoms with Crippen molar-refractivity contribution in [3.8, 4) is 5.75 Å². The van der Waals surface area contributed by atoms with E-state index in [2.05, 4.69) is 6.58 Å². The van der Waals surface area contributed by atoms with Crippen molar-refractivity contribution in [2.75, 3.05) is 41.2 Å². The molecule has 2 aliphatic rings. The fraction of sp³-hybridized carbons (Fsp3) is 0.396. The van der Waals surface area contributed by atoms with Gasteiger partial charge in [-0.25, -0.2) is 0 Å². The molecule has 2 aliphatic heterocycles. The summed E-state index contributed by atoms with van der Waals surface area (Å²) < 4.78 is 78.4. The lowest BCUT2D eigenvalue weighted by atomic mass is 9.96. The van der Waals surface area contributed by atoms with Crippen molar-refractivity contribution in [3.05, 3.63) is 186 Å². The maximum Gasteiger partial charge on any atom is 0.187 e. The van der Waals surface area contributed by atoms with Gasteiger partial charge in [-0.2, -0.15) is 0 Å². The standard InChI is InChI=1S/C53H62O12/c1-5-30-59-52-50(61-33-40-22-14-8-15-23-40)49(56-4)47(45(63-52)37-58-32-39-20-12-7-13-21-39)65-53-51(62-34-41-24-16-9-17-25-41)48(55-3)46(60-35-42-26-28-43(54-2)29-27-42)44(64-53)36-57-31-38-18-10-6-11-19-38/h5-29,44-53H,1,30-37H2,2-4H3/t44-,45-,46-,47-,48+,49+,50+,51+,52+,53?/m1/s1. The molecule has 7 rings (SSSR count). The van der Waals surface area contributed by atoms with Gasteiger partial charge < -0.3 is 56.8 Å². The third-order valence-corrected chi connectivity index (χ3v) is 11.4. The summed E-state index contributed by atoms with van der Waals surface area (Å²) in [6, 6.07) is 47.5. The molecule has 12 heteroatoms. The van der Waals surface area contributed by atoms with Crippen LogP contribution in [0.2, 0.25) is 0 Å². The van der Waals surface area contributed by atoms with Gasteiger partial charge in [-0.1, -0.05) is 140 Å². The Morgan fingerprint density at radius 1 is 0.431 bits per heavy atom. The number of hydrogen-bond acceptors (Lipinski definition) is 12. The van der Waals surface area contributed by atoms with Crippen LogP contribution in [0.5, 0.6) is 5.75 Å². The van der Waals surface area contributed by atoms with Crippen LogP contribution < -0.4 is 4.74 Å². The summed E-state index contributed by atoms with van der Waals surface area (Å²) in [4.78, 5) is 0. The second-order valence-corrected chi connectivity index (χ2v) is 15.9. The summed E-state index contributed by atoms with van der Waals surface area (Å²) in [5, 5.41) is 0. The number of hydrogen-bond donors (Lipinski definition) is 0. The molecule has 5 aromatic carbocycles. The molecule has 0 amide bonds. The zero-order valence-corrected chi connectivity index (χ0v) is 37.5. The predicted molar refractivity (Wildman–Crippen MR) is 244 cm³/mol. The van der Waals surface area contributed by atoms with E-state index in [4.69, 9.17) is 56.8 Å². The summed E-state index contributed by atoms with van der Waals surface area (Å²) in [6.45, 7) is 5.87. The Labute approximate surface area is 383 Å². The molecule has 2 fully saturated rings. The van der Waals surface area contributed by atoms with Gasteiger partial charge in [-0.15, -0.1) is 6.58 Å². The summed E-state index contributed by atoms with van der Waals surface area (Å²) in [5.41, 5.74) is 4.92. The van der Waals surface area contributed by atoms with Gasteiger partial charge in [-0.05, 0) is 39.9 Å². The van der Waals surface area contributed by atoms with Gasteiger partial charge in [0.1, 0.15) is 54.6 Å². The molecule has 0 N–H and O–H groups in total. The molecule has 5 aromatic rings. The van der Waals surface area contributed by atoms with Crippen molar-refractivity contribution in [2.45, 2.75) is 94.4 Å². The fourth-order valence-corrected chi connectivity index (χ4v) is 8.02. The maximum absolute atomic E-state index is 7.21. The van der Waals surface area contributed by atoms with Gasteiger partial charge in [0.15, 0.2) is 12.6 Å². The van der Waals surface area contributed by atoms with Crippen LogP contribution in [-0.4, -0.2) is 103 Å². The molecule has 0 aromatic heterocycles. The Hall–Kier alpha value is -4.80. The fourth-order valence-electron chi connectivity index (χ4n) is 8.02. The van der Waals surface area contributed by atoms with Crippen molar-refractivity contribution in [1.82, 2.24) is 0 Å². The molecular weight excluding hydrogens is 829 g/mol. The molecule has 0 bridgehead atoms. The summed E-state index contributed by atoms with van der Waals surface area (Å²) in [5.74, 6) is 0.752. The van der Waals surface area contributed by atoms with E-state index in [0.717, 1.165) is 33.6 Å². The van der Waals surface area contributed by atoms with Crippen LogP contribution in [0.25, 0.3) is 0 Å². The van der Waals surface area contributed by atoms with Crippen LogP contribution in [0.1, 0.15) is 27.8 Å². The second-order valence-electron chi connectivity index (χ2n) is 15.9. The van der Waals surface area contributed by atoms with E-state index in [0.29, 0.717) is 13.2 Å². The summed E-state index contributed by atoms with van der Waals surface area (Å²) >= 11 is 0. The molecule has 0 spiro atoms. The molecule has 2 heterocycles. The summed E-state index contributed by atoms with van der Waals surface area (Å²) in [6.07, 6.45) is -6.07. The molecule has 10 atom stereocenters. The lowest BCUT2D eigenvalue weighted by molar-refractivity contribution is -0.373. The van der Waals surface area contributed by atoms with E-state index in [1.54, 1.807) is 27.4 Å². The van der Waals surface area contributed by atoms with Crippen LogP contribution in [-0.2, 0) is 85.1 Å². The molecule has 0 aliphatic carbocycles. The molecule has 12 nitrogen and oxygen atoms in total. The normalized spacial score (nSPS) is 25.5. The average molecular weight is 891 g/mol. The first-order valence-corrected chi connectivity index (χ1v) is 22.1. The van der Waals surface area contributed by atoms with Crippen LogP contribution >= 0.6 is 0 Å².